The third-order valence-corrected chi connectivity index (χ3v) is 1.79. The van der Waals surface area contributed by atoms with Crippen LogP contribution in [0.25, 0.3) is 0 Å². The van der Waals surface area contributed by atoms with Crippen LogP contribution in [-0.4, -0.2) is 30.5 Å². The Balaban J connectivity index is 2.51. The first kappa shape index (κ1) is 11.2. The number of aliphatic hydroxyl groups excluding tert-OH is 1. The quantitative estimate of drug-likeness (QED) is 0.292. The highest BCUT2D eigenvalue weighted by molar-refractivity contribution is 6.60. The lowest BCUT2D eigenvalue weighted by molar-refractivity contribution is -0.225. The number of hydrogen-bond donors (Lipinski definition) is 2. The molecule has 5 heteroatoms. The van der Waals surface area contributed by atoms with E-state index in [0.717, 1.165) is 5.56 Å². The van der Waals surface area contributed by atoms with Gasteiger partial charge in [0.2, 0.25) is 0 Å². The fourth-order valence-electron chi connectivity index (χ4n) is 1.07. The Morgan fingerprint density at radius 3 is 2.71 bits per heavy atom. The lowest BCUT2D eigenvalue weighted by Gasteiger charge is -2.08. The molecule has 0 aliphatic heterocycles. The fraction of sp³-hybridized carbons (Fsp3) is 0.333. The van der Waals surface area contributed by atoms with Gasteiger partial charge in [0, 0.05) is 0 Å². The first-order valence-corrected chi connectivity index (χ1v) is 4.38. The van der Waals surface area contributed by atoms with Gasteiger partial charge in [-0.1, -0.05) is 29.8 Å². The van der Waals surface area contributed by atoms with Crippen LogP contribution in [-0.2, 0) is 9.69 Å². The molecule has 0 bridgehead atoms. The second-order valence-electron chi connectivity index (χ2n) is 2.85. The molecule has 0 heterocycles. The molecule has 0 saturated carbocycles. The Bertz CT molecular complexity index is 279. The zero-order valence-electron chi connectivity index (χ0n) is 8.01. The van der Waals surface area contributed by atoms with E-state index in [2.05, 4.69) is 9.69 Å². The molecule has 0 fully saturated rings. The topological polar surface area (TPSA) is 58.9 Å². The summed E-state index contributed by atoms with van der Waals surface area (Å²) in [6.45, 7) is 1.78. The van der Waals surface area contributed by atoms with Crippen LogP contribution in [0.15, 0.2) is 24.3 Å². The second-order valence-corrected chi connectivity index (χ2v) is 2.85. The normalized spacial score (nSPS) is 10.2. The summed E-state index contributed by atoms with van der Waals surface area (Å²) in [6, 6.07) is 7.30. The van der Waals surface area contributed by atoms with Crippen LogP contribution < -0.4 is 5.46 Å². The molecular weight excluding hydrogens is 183 g/mol. The summed E-state index contributed by atoms with van der Waals surface area (Å²) in [5, 5.41) is 17.9. The molecule has 2 N–H and O–H groups in total. The molecule has 0 unspecified atom stereocenters. The van der Waals surface area contributed by atoms with Crippen molar-refractivity contribution in [2.75, 3.05) is 13.2 Å². The largest absolute Gasteiger partial charge is 0.523 e. The van der Waals surface area contributed by atoms with Gasteiger partial charge in [-0.15, -0.1) is 0 Å². The van der Waals surface area contributed by atoms with Crippen molar-refractivity contribution in [2.24, 2.45) is 0 Å². The van der Waals surface area contributed by atoms with Crippen LogP contribution in [0.1, 0.15) is 5.56 Å². The van der Waals surface area contributed by atoms with Gasteiger partial charge < -0.3 is 10.1 Å². The van der Waals surface area contributed by atoms with Gasteiger partial charge in [0.15, 0.2) is 0 Å². The molecule has 0 aliphatic rings. The van der Waals surface area contributed by atoms with Crippen molar-refractivity contribution in [3.05, 3.63) is 29.8 Å². The van der Waals surface area contributed by atoms with Crippen molar-refractivity contribution in [1.29, 1.82) is 0 Å². The smallest absolute Gasteiger partial charge is 0.422 e. The molecule has 4 nitrogen and oxygen atoms in total. The Morgan fingerprint density at radius 2 is 2.07 bits per heavy atom. The minimum absolute atomic E-state index is 0.0446. The van der Waals surface area contributed by atoms with Gasteiger partial charge in [-0.3, -0.25) is 4.81 Å². The summed E-state index contributed by atoms with van der Waals surface area (Å²) >= 11 is 0. The van der Waals surface area contributed by atoms with Gasteiger partial charge in [0.1, 0.15) is 6.61 Å². The number of aryl methyl sites for hydroxylation is 1. The van der Waals surface area contributed by atoms with E-state index in [-0.39, 0.29) is 13.2 Å². The van der Waals surface area contributed by atoms with Crippen molar-refractivity contribution < 1.29 is 19.8 Å². The van der Waals surface area contributed by atoms with Crippen molar-refractivity contribution in [3.63, 3.8) is 0 Å². The number of rotatable bonds is 5. The standard InChI is InChI=1S/C9H13BO4/c1-8-4-2-3-5-9(8)10(12)14-13-7-6-11/h2-5,11-12H,6-7H2,1H3. The monoisotopic (exact) mass is 196 g/mol. The van der Waals surface area contributed by atoms with E-state index in [1.807, 2.05) is 19.1 Å². The third-order valence-electron chi connectivity index (χ3n) is 1.79. The highest BCUT2D eigenvalue weighted by atomic mass is 17.2. The summed E-state index contributed by atoms with van der Waals surface area (Å²) in [5.74, 6) is 0. The number of benzene rings is 1. The zero-order valence-corrected chi connectivity index (χ0v) is 8.01. The van der Waals surface area contributed by atoms with Gasteiger partial charge in [-0.05, 0) is 12.4 Å². The van der Waals surface area contributed by atoms with Gasteiger partial charge >= 0.3 is 7.12 Å². The predicted octanol–water partition coefficient (Wildman–Crippen LogP) is -0.377. The minimum atomic E-state index is -1.11. The molecule has 1 aromatic rings. The van der Waals surface area contributed by atoms with Crippen LogP contribution in [0, 0.1) is 6.92 Å². The van der Waals surface area contributed by atoms with Crippen molar-refractivity contribution in [2.45, 2.75) is 6.92 Å². The minimum Gasteiger partial charge on any atom is -0.422 e. The molecule has 76 valence electrons. The summed E-state index contributed by atoms with van der Waals surface area (Å²) in [4.78, 5) is 9.20. The second kappa shape index (κ2) is 5.77. The van der Waals surface area contributed by atoms with Gasteiger partial charge in [0.25, 0.3) is 0 Å². The maximum absolute atomic E-state index is 9.50. The summed E-state index contributed by atoms with van der Waals surface area (Å²) in [6.07, 6.45) is 0. The van der Waals surface area contributed by atoms with E-state index in [9.17, 15) is 5.02 Å². The summed E-state index contributed by atoms with van der Waals surface area (Å²) in [7, 11) is -1.11. The number of aliphatic hydroxyl groups is 1. The van der Waals surface area contributed by atoms with Crippen LogP contribution in [0.2, 0.25) is 0 Å². The van der Waals surface area contributed by atoms with Gasteiger partial charge in [-0.2, -0.15) is 0 Å². The molecule has 0 aliphatic carbocycles. The predicted molar refractivity (Wildman–Crippen MR) is 52.9 cm³/mol. The van der Waals surface area contributed by atoms with E-state index in [1.54, 1.807) is 12.1 Å². The molecule has 0 atom stereocenters. The molecule has 1 rings (SSSR count). The van der Waals surface area contributed by atoms with Crippen LogP contribution in [0.4, 0.5) is 0 Å². The van der Waals surface area contributed by atoms with E-state index < -0.39 is 7.12 Å². The van der Waals surface area contributed by atoms with E-state index in [0.29, 0.717) is 5.46 Å². The molecule has 0 radical (unpaired) electrons. The molecule has 0 saturated heterocycles. The first-order chi connectivity index (χ1) is 6.75. The van der Waals surface area contributed by atoms with E-state index in [4.69, 9.17) is 5.11 Å². The maximum atomic E-state index is 9.50. The fourth-order valence-corrected chi connectivity index (χ4v) is 1.07. The Hall–Kier alpha value is -0.875. The van der Waals surface area contributed by atoms with Gasteiger partial charge in [0.05, 0.1) is 6.61 Å². The SMILES string of the molecule is Cc1ccccc1B(O)OOCCO. The maximum Gasteiger partial charge on any atom is 0.523 e. The highest BCUT2D eigenvalue weighted by Gasteiger charge is 2.19. The average molecular weight is 196 g/mol. The van der Waals surface area contributed by atoms with Crippen LogP contribution in [0.3, 0.4) is 0 Å². The van der Waals surface area contributed by atoms with E-state index in [1.165, 1.54) is 0 Å². The average Bonchev–Trinajstić information content (AvgIpc) is 2.18. The molecular formula is C9H13BO4. The molecule has 0 aromatic heterocycles. The summed E-state index contributed by atoms with van der Waals surface area (Å²) in [5.41, 5.74) is 1.58. The Morgan fingerprint density at radius 1 is 1.36 bits per heavy atom. The molecule has 14 heavy (non-hydrogen) atoms. The molecule has 1 aromatic carbocycles. The van der Waals surface area contributed by atoms with Crippen molar-refractivity contribution >= 4 is 12.6 Å². The van der Waals surface area contributed by atoms with Crippen molar-refractivity contribution in [1.82, 2.24) is 0 Å². The number of hydrogen-bond acceptors (Lipinski definition) is 4. The van der Waals surface area contributed by atoms with Crippen LogP contribution in [0.5, 0.6) is 0 Å². The lowest BCUT2D eigenvalue weighted by Crippen LogP contribution is -2.35. The first-order valence-electron chi connectivity index (χ1n) is 4.38. The lowest BCUT2D eigenvalue weighted by atomic mass is 9.77. The van der Waals surface area contributed by atoms with E-state index >= 15 is 0 Å². The molecule has 0 amide bonds. The van der Waals surface area contributed by atoms with Gasteiger partial charge in [-0.25, -0.2) is 4.89 Å². The highest BCUT2D eigenvalue weighted by Crippen LogP contribution is 1.96. The zero-order chi connectivity index (χ0) is 10.4. The Kier molecular flexibility index (Phi) is 4.62. The van der Waals surface area contributed by atoms with Crippen LogP contribution >= 0.6 is 0 Å². The summed E-state index contributed by atoms with van der Waals surface area (Å²) < 4.78 is 0. The van der Waals surface area contributed by atoms with Crippen molar-refractivity contribution in [3.8, 4) is 0 Å². The third kappa shape index (κ3) is 3.12. The Labute approximate surface area is 83.2 Å². The molecule has 0 spiro atoms.